The van der Waals surface area contributed by atoms with E-state index in [1.165, 1.54) is 16.7 Å². The summed E-state index contributed by atoms with van der Waals surface area (Å²) in [6, 6.07) is 6.31. The van der Waals surface area contributed by atoms with Gasteiger partial charge in [-0.15, -0.1) is 0 Å². The Kier molecular flexibility index (Phi) is 5.99. The van der Waals surface area contributed by atoms with E-state index in [1.54, 1.807) is 0 Å². The molecule has 0 aliphatic carbocycles. The van der Waals surface area contributed by atoms with Crippen LogP contribution in [0.5, 0.6) is 0 Å². The third kappa shape index (κ3) is 5.85. The van der Waals surface area contributed by atoms with E-state index in [0.717, 1.165) is 13.1 Å². The summed E-state index contributed by atoms with van der Waals surface area (Å²) in [7, 11) is 3.99. The van der Waals surface area contributed by atoms with E-state index in [9.17, 15) is 4.79 Å². The summed E-state index contributed by atoms with van der Waals surface area (Å²) >= 11 is 0. The molecular formula is C15H24N2O2. The van der Waals surface area contributed by atoms with Crippen molar-refractivity contribution in [1.29, 1.82) is 0 Å². The topological polar surface area (TPSA) is 43.8 Å². The Bertz CT molecular complexity index is 430. The zero-order valence-electron chi connectivity index (χ0n) is 12.3. The van der Waals surface area contributed by atoms with Gasteiger partial charge in [-0.2, -0.15) is 0 Å². The van der Waals surface area contributed by atoms with Gasteiger partial charge in [0.25, 0.3) is 0 Å². The van der Waals surface area contributed by atoms with E-state index in [4.69, 9.17) is 5.11 Å². The molecule has 0 bridgehead atoms. The highest BCUT2D eigenvalue weighted by Crippen LogP contribution is 2.13. The molecular weight excluding hydrogens is 240 g/mol. The number of hydrogen-bond acceptors (Lipinski definition) is 3. The van der Waals surface area contributed by atoms with Gasteiger partial charge in [0, 0.05) is 19.6 Å². The molecule has 1 aromatic carbocycles. The largest absolute Gasteiger partial charge is 0.480 e. The van der Waals surface area contributed by atoms with E-state index in [0.29, 0.717) is 6.54 Å². The number of rotatable bonds is 7. The number of hydrogen-bond donors (Lipinski definition) is 1. The highest BCUT2D eigenvalue weighted by molar-refractivity contribution is 5.69. The van der Waals surface area contributed by atoms with Crippen LogP contribution >= 0.6 is 0 Å². The van der Waals surface area contributed by atoms with Gasteiger partial charge in [0.1, 0.15) is 0 Å². The van der Waals surface area contributed by atoms with Crippen molar-refractivity contribution in [2.45, 2.75) is 20.4 Å². The van der Waals surface area contributed by atoms with Gasteiger partial charge in [0.15, 0.2) is 0 Å². The predicted molar refractivity (Wildman–Crippen MR) is 77.4 cm³/mol. The minimum atomic E-state index is -0.775. The second-order valence-corrected chi connectivity index (χ2v) is 5.34. The van der Waals surface area contributed by atoms with E-state index >= 15 is 0 Å². The number of aryl methyl sites for hydroxylation is 2. The van der Waals surface area contributed by atoms with Crippen LogP contribution in [0.4, 0.5) is 0 Å². The van der Waals surface area contributed by atoms with Gasteiger partial charge >= 0.3 is 5.97 Å². The lowest BCUT2D eigenvalue weighted by Crippen LogP contribution is -2.35. The molecule has 0 spiro atoms. The smallest absolute Gasteiger partial charge is 0.317 e. The zero-order valence-corrected chi connectivity index (χ0v) is 12.3. The molecule has 0 saturated heterocycles. The Hall–Kier alpha value is -1.39. The highest BCUT2D eigenvalue weighted by atomic mass is 16.4. The van der Waals surface area contributed by atoms with Crippen LogP contribution in [0.25, 0.3) is 0 Å². The fraction of sp³-hybridized carbons (Fsp3) is 0.533. The third-order valence-corrected chi connectivity index (χ3v) is 3.11. The van der Waals surface area contributed by atoms with Crippen molar-refractivity contribution in [3.05, 3.63) is 34.9 Å². The Labute approximate surface area is 115 Å². The standard InChI is InChI=1S/C15H24N2O2/c1-12-5-6-14(13(2)9-12)10-17(11-15(18)19)8-7-16(3)4/h5-6,9H,7-8,10-11H2,1-4H3,(H,18,19). The first-order valence-corrected chi connectivity index (χ1v) is 6.53. The summed E-state index contributed by atoms with van der Waals surface area (Å²) in [4.78, 5) is 15.0. The van der Waals surface area contributed by atoms with E-state index in [1.807, 2.05) is 19.0 Å². The van der Waals surface area contributed by atoms with Crippen molar-refractivity contribution < 1.29 is 9.90 Å². The van der Waals surface area contributed by atoms with Gasteiger partial charge in [-0.1, -0.05) is 23.8 Å². The summed E-state index contributed by atoms with van der Waals surface area (Å²) in [6.07, 6.45) is 0. The van der Waals surface area contributed by atoms with E-state index in [2.05, 4.69) is 36.9 Å². The van der Waals surface area contributed by atoms with E-state index in [-0.39, 0.29) is 6.54 Å². The van der Waals surface area contributed by atoms with Crippen molar-refractivity contribution in [2.75, 3.05) is 33.7 Å². The lowest BCUT2D eigenvalue weighted by atomic mass is 10.1. The number of likely N-dealkylation sites (N-methyl/N-ethyl adjacent to an activating group) is 1. The molecule has 1 rings (SSSR count). The SMILES string of the molecule is Cc1ccc(CN(CCN(C)C)CC(=O)O)c(C)c1. The molecule has 0 saturated carbocycles. The van der Waals surface area contributed by atoms with Crippen molar-refractivity contribution in [3.8, 4) is 0 Å². The van der Waals surface area contributed by atoms with Gasteiger partial charge in [-0.3, -0.25) is 9.69 Å². The lowest BCUT2D eigenvalue weighted by molar-refractivity contribution is -0.138. The monoisotopic (exact) mass is 264 g/mol. The number of nitrogens with zero attached hydrogens (tertiary/aromatic N) is 2. The molecule has 19 heavy (non-hydrogen) atoms. The molecule has 1 N–H and O–H groups in total. The van der Waals surface area contributed by atoms with Crippen LogP contribution in [0.3, 0.4) is 0 Å². The van der Waals surface area contributed by atoms with Crippen LogP contribution in [-0.2, 0) is 11.3 Å². The Balaban J connectivity index is 2.72. The minimum Gasteiger partial charge on any atom is -0.480 e. The van der Waals surface area contributed by atoms with Crippen LogP contribution in [0, 0.1) is 13.8 Å². The third-order valence-electron chi connectivity index (χ3n) is 3.11. The van der Waals surface area contributed by atoms with Gasteiger partial charge < -0.3 is 10.0 Å². The average Bonchev–Trinajstić information content (AvgIpc) is 2.28. The molecule has 1 aromatic rings. The quantitative estimate of drug-likeness (QED) is 0.815. The molecule has 0 aliphatic rings. The summed E-state index contributed by atoms with van der Waals surface area (Å²) in [5.74, 6) is -0.775. The Morgan fingerprint density at radius 2 is 1.89 bits per heavy atom. The number of benzene rings is 1. The maximum atomic E-state index is 10.9. The minimum absolute atomic E-state index is 0.0845. The Morgan fingerprint density at radius 1 is 1.21 bits per heavy atom. The molecule has 0 aromatic heterocycles. The van der Waals surface area contributed by atoms with Crippen LogP contribution in [0.1, 0.15) is 16.7 Å². The van der Waals surface area contributed by atoms with Crippen molar-refractivity contribution in [3.63, 3.8) is 0 Å². The first-order valence-electron chi connectivity index (χ1n) is 6.53. The van der Waals surface area contributed by atoms with Gasteiger partial charge in [0.2, 0.25) is 0 Å². The molecule has 0 unspecified atom stereocenters. The predicted octanol–water partition coefficient (Wildman–Crippen LogP) is 1.75. The summed E-state index contributed by atoms with van der Waals surface area (Å²) in [5.41, 5.74) is 3.66. The number of aliphatic carboxylic acids is 1. The van der Waals surface area contributed by atoms with Gasteiger partial charge in [-0.05, 0) is 39.1 Å². The van der Waals surface area contributed by atoms with Crippen LogP contribution in [0.15, 0.2) is 18.2 Å². The molecule has 0 radical (unpaired) electrons. The number of carboxylic acid groups (broad SMARTS) is 1. The fourth-order valence-corrected chi connectivity index (χ4v) is 2.01. The van der Waals surface area contributed by atoms with Crippen LogP contribution in [-0.4, -0.2) is 54.6 Å². The highest BCUT2D eigenvalue weighted by Gasteiger charge is 2.11. The molecule has 0 fully saturated rings. The number of carboxylic acids is 1. The molecule has 0 amide bonds. The second-order valence-electron chi connectivity index (χ2n) is 5.34. The molecule has 0 aliphatic heterocycles. The normalized spacial score (nSPS) is 11.3. The maximum absolute atomic E-state index is 10.9. The molecule has 106 valence electrons. The summed E-state index contributed by atoms with van der Waals surface area (Å²) in [5, 5.41) is 8.99. The Morgan fingerprint density at radius 3 is 2.42 bits per heavy atom. The van der Waals surface area contributed by atoms with Crippen LogP contribution in [0.2, 0.25) is 0 Å². The summed E-state index contributed by atoms with van der Waals surface area (Å²) < 4.78 is 0. The van der Waals surface area contributed by atoms with E-state index < -0.39 is 5.97 Å². The molecule has 4 nitrogen and oxygen atoms in total. The van der Waals surface area contributed by atoms with Crippen molar-refractivity contribution in [2.24, 2.45) is 0 Å². The van der Waals surface area contributed by atoms with Crippen molar-refractivity contribution in [1.82, 2.24) is 9.80 Å². The average molecular weight is 264 g/mol. The zero-order chi connectivity index (χ0) is 14.4. The van der Waals surface area contributed by atoms with Gasteiger partial charge in [-0.25, -0.2) is 0 Å². The number of carbonyl (C=O) groups is 1. The molecule has 0 heterocycles. The van der Waals surface area contributed by atoms with Gasteiger partial charge in [0.05, 0.1) is 6.54 Å². The van der Waals surface area contributed by atoms with Crippen LogP contribution < -0.4 is 0 Å². The first kappa shape index (κ1) is 15.7. The lowest BCUT2D eigenvalue weighted by Gasteiger charge is -2.23. The summed E-state index contributed by atoms with van der Waals surface area (Å²) in [6.45, 7) is 6.53. The maximum Gasteiger partial charge on any atom is 0.317 e. The first-order chi connectivity index (χ1) is 8.88. The molecule has 4 heteroatoms. The molecule has 0 atom stereocenters. The van der Waals surface area contributed by atoms with Crippen molar-refractivity contribution >= 4 is 5.97 Å². The second kappa shape index (κ2) is 7.26. The fourth-order valence-electron chi connectivity index (χ4n) is 2.01.